The summed E-state index contributed by atoms with van der Waals surface area (Å²) in [7, 11) is 2.22. The normalized spacial score (nSPS) is 42.8. The van der Waals surface area contributed by atoms with Gasteiger partial charge in [-0.1, -0.05) is 79.7 Å². The number of fused-ring (bicyclic) bond motifs is 2. The Kier molecular flexibility index (Phi) is 13.6. The van der Waals surface area contributed by atoms with Crippen molar-refractivity contribution in [3.63, 3.8) is 0 Å². The number of carboxylic acid groups (broad SMARTS) is 1. The van der Waals surface area contributed by atoms with Gasteiger partial charge in [0.15, 0.2) is 0 Å². The minimum atomic E-state index is -1.01. The summed E-state index contributed by atoms with van der Waals surface area (Å²) in [5.41, 5.74) is -2.36. The standard InChI is InChI=1S/C31H48O4.C12H24N2O.C2H6/c1-6-21(5)24-15-28(19-32)18-31(30(28,27(33)34)14-20(3)4)25(7-2)29(31,16-24)26-13-23(17-35-26)12-22-10-8-9-11-22;1-10-8-14(9-11(2)15-10)12-4-6-13(3)7-5-12;1-2/h7,19-26H,2,6,8-18H2,1,3-5H3,(H,33,34);10-12H,4-9H2,1-3H3;1-2H3. The molecule has 8 fully saturated rings. The van der Waals surface area contributed by atoms with E-state index < -0.39 is 22.2 Å². The molecule has 2 bridgehead atoms. The molecule has 8 aliphatic rings. The molecule has 0 radical (unpaired) electrons. The largest absolute Gasteiger partial charge is 0.481 e. The summed E-state index contributed by atoms with van der Waals surface area (Å²) in [6, 6.07) is 0.801. The molecule has 0 aromatic heterocycles. The van der Waals surface area contributed by atoms with Crippen LogP contribution in [0, 0.1) is 57.2 Å². The van der Waals surface area contributed by atoms with E-state index in [1.165, 1.54) is 58.0 Å². The van der Waals surface area contributed by atoms with Gasteiger partial charge in [-0.25, -0.2) is 0 Å². The molecule has 5 aliphatic carbocycles. The Hall–Kier alpha value is -1.28. The lowest BCUT2D eigenvalue weighted by atomic mass is 9.37. The van der Waals surface area contributed by atoms with Crippen LogP contribution in [0.15, 0.2) is 12.7 Å². The Morgan fingerprint density at radius 2 is 1.63 bits per heavy atom. The van der Waals surface area contributed by atoms with E-state index in [1.54, 1.807) is 0 Å². The first-order valence-corrected chi connectivity index (χ1v) is 21.8. The molecule has 0 aromatic carbocycles. The van der Waals surface area contributed by atoms with Crippen molar-refractivity contribution in [3.8, 4) is 0 Å². The number of carbonyl (C=O) groups excluding carboxylic acids is 1. The van der Waals surface area contributed by atoms with Crippen LogP contribution in [0.2, 0.25) is 0 Å². The average Bonchev–Trinajstić information content (AvgIpc) is 3.41. The molecule has 7 nitrogen and oxygen atoms in total. The van der Waals surface area contributed by atoms with Gasteiger partial charge < -0.3 is 24.3 Å². The summed E-state index contributed by atoms with van der Waals surface area (Å²) in [6.07, 6.45) is 18.5. The number of likely N-dealkylation sites (tertiary alicyclic amines) is 1. The van der Waals surface area contributed by atoms with Crippen molar-refractivity contribution in [2.24, 2.45) is 57.2 Å². The number of nitrogens with zero attached hydrogens (tertiary/aromatic N) is 2. The first kappa shape index (κ1) is 41.9. The maximum Gasteiger partial charge on any atom is 0.311 e. The van der Waals surface area contributed by atoms with Gasteiger partial charge in [-0.15, -0.1) is 6.58 Å². The van der Waals surface area contributed by atoms with E-state index in [0.29, 0.717) is 42.8 Å². The number of aliphatic carboxylic acids is 1. The van der Waals surface area contributed by atoms with Crippen molar-refractivity contribution in [3.05, 3.63) is 12.7 Å². The molecule has 1 spiro atoms. The van der Waals surface area contributed by atoms with Crippen LogP contribution in [0.5, 0.6) is 0 Å². The molecule has 0 aromatic rings. The Bertz CT molecular complexity index is 1200. The van der Waals surface area contributed by atoms with Crippen LogP contribution in [0.3, 0.4) is 0 Å². The second kappa shape index (κ2) is 16.8. The van der Waals surface area contributed by atoms with Crippen LogP contribution >= 0.6 is 0 Å². The monoisotopic (exact) mass is 727 g/mol. The molecule has 3 aliphatic heterocycles. The van der Waals surface area contributed by atoms with Gasteiger partial charge in [-0.05, 0) is 121 Å². The molecular weight excluding hydrogens is 649 g/mol. The third-order valence-corrected chi connectivity index (χ3v) is 15.7. The van der Waals surface area contributed by atoms with Crippen molar-refractivity contribution >= 4 is 12.3 Å². The second-order valence-corrected chi connectivity index (χ2v) is 19.1. The molecule has 11 unspecified atom stereocenters. The van der Waals surface area contributed by atoms with Crippen molar-refractivity contribution in [2.75, 3.05) is 39.8 Å². The number of carboxylic acids is 1. The third-order valence-electron chi connectivity index (χ3n) is 15.7. The second-order valence-electron chi connectivity index (χ2n) is 19.1. The van der Waals surface area contributed by atoms with Gasteiger partial charge >= 0.3 is 5.97 Å². The van der Waals surface area contributed by atoms with Crippen molar-refractivity contribution < 1.29 is 24.2 Å². The van der Waals surface area contributed by atoms with E-state index in [9.17, 15) is 14.7 Å². The highest BCUT2D eigenvalue weighted by Crippen LogP contribution is 2.95. The number of hydrogen-bond acceptors (Lipinski definition) is 6. The summed E-state index contributed by atoms with van der Waals surface area (Å²) in [5.74, 6) is 1.84. The molecule has 8 rings (SSSR count). The van der Waals surface area contributed by atoms with Gasteiger partial charge in [0, 0.05) is 42.0 Å². The van der Waals surface area contributed by atoms with Crippen molar-refractivity contribution in [1.29, 1.82) is 0 Å². The van der Waals surface area contributed by atoms with Gasteiger partial charge in [0.05, 0.1) is 23.7 Å². The highest BCUT2D eigenvalue weighted by Gasteiger charge is 2.96. The van der Waals surface area contributed by atoms with Gasteiger partial charge in [0.25, 0.3) is 0 Å². The zero-order valence-corrected chi connectivity index (χ0v) is 34.8. The maximum atomic E-state index is 13.4. The molecule has 3 heterocycles. The average molecular weight is 727 g/mol. The van der Waals surface area contributed by atoms with Crippen LogP contribution in [0.25, 0.3) is 0 Å². The topological polar surface area (TPSA) is 79.3 Å². The smallest absolute Gasteiger partial charge is 0.311 e. The highest BCUT2D eigenvalue weighted by molar-refractivity contribution is 5.88. The highest BCUT2D eigenvalue weighted by atomic mass is 16.5. The Morgan fingerprint density at radius 1 is 1.00 bits per heavy atom. The van der Waals surface area contributed by atoms with Gasteiger partial charge in [-0.2, -0.15) is 0 Å². The number of rotatable bonds is 11. The summed E-state index contributed by atoms with van der Waals surface area (Å²) in [5, 5.41) is 11.0. The van der Waals surface area contributed by atoms with E-state index in [-0.39, 0.29) is 23.4 Å². The van der Waals surface area contributed by atoms with E-state index in [2.05, 4.69) is 71.0 Å². The minimum Gasteiger partial charge on any atom is -0.481 e. The molecule has 3 saturated heterocycles. The first-order valence-electron chi connectivity index (χ1n) is 21.8. The summed E-state index contributed by atoms with van der Waals surface area (Å²) >= 11 is 0. The van der Waals surface area contributed by atoms with E-state index in [0.717, 1.165) is 63.6 Å². The lowest BCUT2D eigenvalue weighted by Gasteiger charge is -2.63. The van der Waals surface area contributed by atoms with Crippen molar-refractivity contribution in [2.45, 2.75) is 163 Å². The lowest BCUT2D eigenvalue weighted by molar-refractivity contribution is -0.215. The van der Waals surface area contributed by atoms with Crippen LogP contribution in [-0.4, -0.2) is 91.3 Å². The molecule has 298 valence electrons. The van der Waals surface area contributed by atoms with Gasteiger partial charge in [0.2, 0.25) is 0 Å². The van der Waals surface area contributed by atoms with Crippen LogP contribution < -0.4 is 0 Å². The predicted molar refractivity (Wildman–Crippen MR) is 211 cm³/mol. The number of piperidine rings is 1. The first-order chi connectivity index (χ1) is 24.8. The third kappa shape index (κ3) is 7.02. The van der Waals surface area contributed by atoms with Crippen LogP contribution in [0.4, 0.5) is 0 Å². The fourth-order valence-electron chi connectivity index (χ4n) is 13.5. The fourth-order valence-corrected chi connectivity index (χ4v) is 13.5. The molecule has 1 N–H and O–H groups in total. The number of ether oxygens (including phenoxy) is 2. The predicted octanol–water partition coefficient (Wildman–Crippen LogP) is 9.14. The van der Waals surface area contributed by atoms with Crippen molar-refractivity contribution in [1.82, 2.24) is 9.80 Å². The zero-order valence-electron chi connectivity index (χ0n) is 34.8. The minimum absolute atomic E-state index is 0.0945. The van der Waals surface area contributed by atoms with Crippen LogP contribution in [0.1, 0.15) is 139 Å². The Labute approximate surface area is 318 Å². The Morgan fingerprint density at radius 3 is 2.17 bits per heavy atom. The number of carbonyl (C=O) groups is 2. The summed E-state index contributed by atoms with van der Waals surface area (Å²) < 4.78 is 12.5. The SMILES string of the molecule is C=CC1C2(C3CC(CC4CCCC4)CO3)CC(C(C)CC)CC3(C=O)CC12C3(CC(C)C)C(=O)O.CC.CC1CN(C2CCN(C)CC2)CC(C)O1. The summed E-state index contributed by atoms with van der Waals surface area (Å²) in [4.78, 5) is 31.4. The number of morpholine rings is 1. The van der Waals surface area contributed by atoms with E-state index in [1.807, 2.05) is 13.8 Å². The molecule has 11 atom stereocenters. The van der Waals surface area contributed by atoms with Gasteiger partial charge in [0.1, 0.15) is 6.29 Å². The van der Waals surface area contributed by atoms with Gasteiger partial charge in [-0.3, -0.25) is 9.69 Å². The lowest BCUT2D eigenvalue weighted by Crippen LogP contribution is -2.67. The van der Waals surface area contributed by atoms with E-state index in [4.69, 9.17) is 9.47 Å². The number of aldehydes is 1. The fraction of sp³-hybridized carbons (Fsp3) is 0.911. The van der Waals surface area contributed by atoms with Crippen LogP contribution in [-0.2, 0) is 19.1 Å². The molecule has 5 saturated carbocycles. The molecule has 7 heteroatoms. The Balaban J connectivity index is 0.000000256. The number of allylic oxidation sites excluding steroid dienone is 1. The molecule has 0 amide bonds. The summed E-state index contributed by atoms with van der Waals surface area (Å²) in [6.45, 7) is 27.0. The maximum absolute atomic E-state index is 13.4. The quantitative estimate of drug-likeness (QED) is 0.168. The van der Waals surface area contributed by atoms with E-state index >= 15 is 0 Å². The number of hydrogen-bond donors (Lipinski definition) is 1. The molecular formula is C45H78N2O5. The molecule has 52 heavy (non-hydrogen) atoms. The zero-order chi connectivity index (χ0) is 38.1.